The van der Waals surface area contributed by atoms with Gasteiger partial charge in [-0.1, -0.05) is 135 Å². The molecule has 0 amide bonds. The van der Waals surface area contributed by atoms with Crippen molar-refractivity contribution in [1.29, 1.82) is 0 Å². The summed E-state index contributed by atoms with van der Waals surface area (Å²) in [7, 11) is -2.07. The third-order valence-corrected chi connectivity index (χ3v) is 16.9. The Morgan fingerprint density at radius 1 is 0.606 bits per heavy atom. The Kier molecular flexibility index (Phi) is 51.6. The van der Waals surface area contributed by atoms with E-state index in [1.54, 1.807) is 81.4 Å². The van der Waals surface area contributed by atoms with Crippen LogP contribution >= 0.6 is 80.3 Å². The van der Waals surface area contributed by atoms with E-state index in [9.17, 15) is 21.6 Å². The molecule has 104 heavy (non-hydrogen) atoms. The van der Waals surface area contributed by atoms with Gasteiger partial charge in [0.1, 0.15) is 29.2 Å². The number of nitrogens with zero attached hydrogens (tertiary/aromatic N) is 12. The van der Waals surface area contributed by atoms with Crippen LogP contribution in [0.5, 0.6) is 0 Å². The molecule has 35 heteroatoms. The summed E-state index contributed by atoms with van der Waals surface area (Å²) in [6.45, 7) is 23.8. The Labute approximate surface area is 732 Å². The molecule has 10 rings (SSSR count). The summed E-state index contributed by atoms with van der Waals surface area (Å²) < 4.78 is 44.8. The largest absolute Gasteiger partial charge is 1.00 e. The zero-order valence-electron chi connectivity index (χ0n) is 60.9. The number of benzene rings is 4. The number of halogens is 7. The minimum Gasteiger partial charge on any atom is -1.00 e. The summed E-state index contributed by atoms with van der Waals surface area (Å²) in [5.74, 6) is 1.13. The van der Waals surface area contributed by atoms with Gasteiger partial charge in [-0.25, -0.2) is 48.3 Å². The zero-order chi connectivity index (χ0) is 75.8. The van der Waals surface area contributed by atoms with Crippen molar-refractivity contribution < 1.29 is 155 Å². The van der Waals surface area contributed by atoms with Gasteiger partial charge in [-0.2, -0.15) is 8.42 Å². The quantitative estimate of drug-likeness (QED) is 0.0187. The van der Waals surface area contributed by atoms with E-state index in [1.165, 1.54) is 43.2 Å². The molecular formula is C69H88Cl7K2N13O11S2. The summed E-state index contributed by atoms with van der Waals surface area (Å²) in [6, 6.07) is 34.7. The van der Waals surface area contributed by atoms with Gasteiger partial charge in [-0.3, -0.25) is 18.7 Å². The van der Waals surface area contributed by atoms with Gasteiger partial charge in [-0.15, -0.1) is 0 Å². The Balaban J connectivity index is 0.00000127. The van der Waals surface area contributed by atoms with Gasteiger partial charge >= 0.3 is 109 Å². The summed E-state index contributed by atoms with van der Waals surface area (Å²) in [4.78, 5) is 63.6. The maximum absolute atomic E-state index is 10.7. The number of aromatic nitrogens is 8. The summed E-state index contributed by atoms with van der Waals surface area (Å²) in [5.41, 5.74) is 4.44. The zero-order valence-corrected chi connectivity index (χ0v) is 73.1. The molecule has 3 N–H and O–H groups in total. The Morgan fingerprint density at radius 2 is 0.971 bits per heavy atom. The molecule has 2 fully saturated rings. The third kappa shape index (κ3) is 39.9. The van der Waals surface area contributed by atoms with Crippen molar-refractivity contribution in [3.8, 4) is 0 Å². The number of aliphatic hydroxyl groups is 1. The first kappa shape index (κ1) is 98.7. The van der Waals surface area contributed by atoms with Gasteiger partial charge in [-0.05, 0) is 123 Å². The van der Waals surface area contributed by atoms with Crippen molar-refractivity contribution in [3.63, 3.8) is 0 Å². The van der Waals surface area contributed by atoms with Crippen LogP contribution in [0.25, 0.3) is 0 Å². The van der Waals surface area contributed by atoms with E-state index in [1.807, 2.05) is 61.5 Å². The van der Waals surface area contributed by atoms with Gasteiger partial charge in [0.2, 0.25) is 9.05 Å². The minimum absolute atomic E-state index is 0. The number of rotatable bonds is 19. The number of hydrogen-bond acceptors (Lipinski definition) is 23. The fraction of sp³-hybridized carbons (Fsp3) is 0.391. The topological polar surface area (TPSA) is 313 Å². The Bertz CT molecular complexity index is 3900. The average molecular weight is 1670 g/mol. The molecule has 0 aliphatic carbocycles. The average Bonchev–Trinajstić information content (AvgIpc) is 0.800. The van der Waals surface area contributed by atoms with Crippen LogP contribution in [0.3, 0.4) is 0 Å². The molecule has 0 saturated carbocycles. The number of carboxylic acid groups (broad SMARTS) is 1. The van der Waals surface area contributed by atoms with Gasteiger partial charge in [0.05, 0.1) is 59.2 Å². The van der Waals surface area contributed by atoms with E-state index in [0.717, 1.165) is 85.6 Å². The molecule has 6 heterocycles. The van der Waals surface area contributed by atoms with Gasteiger partial charge in [0.25, 0.3) is 16.6 Å². The molecule has 558 valence electrons. The van der Waals surface area contributed by atoms with E-state index in [4.69, 9.17) is 89.9 Å². The van der Waals surface area contributed by atoms with Crippen molar-refractivity contribution in [2.45, 2.75) is 84.2 Å². The first-order valence-corrected chi connectivity index (χ1v) is 38.7. The van der Waals surface area contributed by atoms with Gasteiger partial charge in [0, 0.05) is 144 Å². The molecular weight excluding hydrogens is 1580 g/mol. The molecule has 8 aromatic rings. The number of aliphatic hydroxyl groups excluding tert-OH is 1. The molecule has 0 spiro atoms. The van der Waals surface area contributed by atoms with E-state index in [0.29, 0.717) is 37.6 Å². The predicted molar refractivity (Wildman–Crippen MR) is 405 cm³/mol. The second-order valence-electron chi connectivity index (χ2n) is 22.5. The third-order valence-electron chi connectivity index (χ3n) is 14.8. The molecule has 4 aromatic carbocycles. The summed E-state index contributed by atoms with van der Waals surface area (Å²) >= 11 is 37.2. The Hall–Kier alpha value is -3.30. The molecule has 6 atom stereocenters. The Morgan fingerprint density at radius 3 is 1.33 bits per heavy atom. The number of aliphatic carboxylic acids is 1. The fourth-order valence-electron chi connectivity index (χ4n) is 9.53. The summed E-state index contributed by atoms with van der Waals surface area (Å²) in [6.07, 6.45) is 15.2. The van der Waals surface area contributed by atoms with Crippen LogP contribution in [0.2, 0.25) is 30.1 Å². The van der Waals surface area contributed by atoms with E-state index < -0.39 is 31.1 Å². The maximum atomic E-state index is 10.7. The molecule has 6 unspecified atom stereocenters. The van der Waals surface area contributed by atoms with Gasteiger partial charge in [0.15, 0.2) is 0 Å². The number of carboxylic acids is 1. The van der Waals surface area contributed by atoms with Crippen LogP contribution in [-0.4, -0.2) is 180 Å². The van der Waals surface area contributed by atoms with Crippen molar-refractivity contribution >= 4 is 123 Å². The SMILES string of the molecule is CC(C(=O)O)c1ncccn1.CC(CN1CCN(c2ccc(Cl)cc2Cl)C(c2ccc(Cl)cc2)C1)c1ncccn1.CC(CO)c1ncccn1.CC(COS(C)(=O)=O)c1ncccn1.CCN(CC)CC.CS(=O)(=O)Cl.Clc1ccc(C2CNCCN2c2ccc(Cl)cc2Cl)cc1.O=CO[O-].[H-].[K+].[K+]. The fourth-order valence-corrected chi connectivity index (χ4v) is 11.3. The predicted octanol–water partition coefficient (Wildman–Crippen LogP) is 6.78. The first-order chi connectivity index (χ1) is 48.5. The summed E-state index contributed by atoms with van der Waals surface area (Å²) in [5, 5.41) is 33.3. The van der Waals surface area contributed by atoms with Crippen molar-refractivity contribution in [1.82, 2.24) is 55.0 Å². The number of carbonyl (C=O) groups is 2. The number of hydrogen-bond donors (Lipinski definition) is 3. The molecule has 0 radical (unpaired) electrons. The monoisotopic (exact) mass is 1660 g/mol. The number of piperazine rings is 2. The number of nitrogens with one attached hydrogen (secondary N) is 1. The van der Waals surface area contributed by atoms with E-state index in [2.05, 4.69) is 137 Å². The van der Waals surface area contributed by atoms with Crippen LogP contribution in [0, 0.1) is 0 Å². The molecule has 2 saturated heterocycles. The van der Waals surface area contributed by atoms with E-state index in [-0.39, 0.29) is 154 Å². The first-order valence-electron chi connectivity index (χ1n) is 31.9. The number of anilines is 2. The smallest absolute Gasteiger partial charge is 1.00 e. The van der Waals surface area contributed by atoms with Crippen molar-refractivity contribution in [2.24, 2.45) is 0 Å². The molecule has 0 bridgehead atoms. The number of carbonyl (C=O) groups excluding carboxylic acids is 1. The van der Waals surface area contributed by atoms with Crippen LogP contribution in [0.4, 0.5) is 11.4 Å². The van der Waals surface area contributed by atoms with Crippen LogP contribution in [0.15, 0.2) is 159 Å². The van der Waals surface area contributed by atoms with E-state index >= 15 is 0 Å². The van der Waals surface area contributed by atoms with Crippen molar-refractivity contribution in [3.05, 3.63) is 223 Å². The van der Waals surface area contributed by atoms with Crippen LogP contribution in [-0.2, 0) is 37.8 Å². The maximum Gasteiger partial charge on any atom is 1.00 e. The standard InChI is InChI=1S/C23H23Cl3N4.C16H15Cl3N2.C8H12N2O3S.C7H8N2O2.C7H10N2O.C6H15N.CH3ClO2S.CH2O3.2K.H/c1-16(23-27-9-2-10-28-23)14-29-11-12-30(21-8-7-19(25)13-20(21)26)22(15-29)17-3-5-18(24)6-4-17;17-12-3-1-11(2-4-12)16-10-20-7-8-21(16)15-6-5-13(18)9-14(15)19;1-7(6-13-14(2,11)12)8-9-4-3-5-10-8;1-5(7(10)11)6-8-3-2-4-9-6;1-6(5-10)7-8-3-2-4-9-7;1-4-7(5-2)6-3;1-5(2,3)4;2-1-4-3;;;/h2-10,13,16,22H,11-12,14-15H2,1H3;1-6,9,16,20H,7-8,10H2;3-5,7H,6H2,1-2H3;2-5H,1H3,(H,10,11);2-4,6,10H,5H2,1H3;4-6H2,1-3H3;1H3;1,3H;;;/q;;;;;;;;2*+1;-1/p-1. The molecule has 2 aliphatic rings. The van der Waals surface area contributed by atoms with Crippen molar-refractivity contribution in [2.75, 3.05) is 101 Å². The second kappa shape index (κ2) is 54.3. The normalized spacial score (nSPS) is 15.0. The minimum atomic E-state index is -3.38. The molecule has 24 nitrogen and oxygen atoms in total. The van der Waals surface area contributed by atoms with Crippen LogP contribution in [0.1, 0.15) is 120 Å². The van der Waals surface area contributed by atoms with Gasteiger partial charge < -0.3 is 41.8 Å². The second-order valence-corrected chi connectivity index (χ2v) is 29.8. The van der Waals surface area contributed by atoms with Crippen LogP contribution < -0.4 is 123 Å². The molecule has 4 aromatic heterocycles. The molecule has 2 aliphatic heterocycles.